The summed E-state index contributed by atoms with van der Waals surface area (Å²) >= 11 is 1.52. The third-order valence-electron chi connectivity index (χ3n) is 6.79. The van der Waals surface area contributed by atoms with Gasteiger partial charge in [-0.05, 0) is 49.9 Å². The van der Waals surface area contributed by atoms with Crippen LogP contribution >= 0.6 is 11.8 Å². The van der Waals surface area contributed by atoms with Crippen molar-refractivity contribution in [1.29, 1.82) is 0 Å². The Labute approximate surface area is 219 Å². The summed E-state index contributed by atoms with van der Waals surface area (Å²) in [7, 11) is 0. The highest BCUT2D eigenvalue weighted by atomic mass is 32.2. The minimum Gasteiger partial charge on any atom is -0.352 e. The average Bonchev–Trinajstić information content (AvgIpc) is 3.39. The fourth-order valence-electron chi connectivity index (χ4n) is 4.79. The first kappa shape index (κ1) is 26.0. The van der Waals surface area contributed by atoms with Crippen molar-refractivity contribution in [2.24, 2.45) is 0 Å². The molecule has 36 heavy (non-hydrogen) atoms. The number of rotatable bonds is 10. The van der Waals surface area contributed by atoms with Crippen LogP contribution in [-0.2, 0) is 22.6 Å². The highest BCUT2D eigenvalue weighted by Gasteiger charge is 2.32. The first-order chi connectivity index (χ1) is 17.5. The summed E-state index contributed by atoms with van der Waals surface area (Å²) < 4.78 is 0. The Morgan fingerprint density at radius 1 is 0.889 bits per heavy atom. The number of thioether (sulfide) groups is 1. The third-order valence-corrected chi connectivity index (χ3v) is 7.79. The Kier molecular flexibility index (Phi) is 9.23. The molecule has 1 atom stereocenters. The predicted molar refractivity (Wildman–Crippen MR) is 148 cm³/mol. The smallest absolute Gasteiger partial charge is 0.243 e. The number of benzene rings is 3. The quantitative estimate of drug-likeness (QED) is 0.343. The van der Waals surface area contributed by atoms with Crippen LogP contribution in [0.5, 0.6) is 0 Å². The molecule has 3 aromatic carbocycles. The number of aryl methyl sites for hydroxylation is 2. The molecule has 0 aliphatic heterocycles. The molecule has 3 aromatic rings. The summed E-state index contributed by atoms with van der Waals surface area (Å²) in [6, 6.07) is 26.1. The van der Waals surface area contributed by atoms with Gasteiger partial charge < -0.3 is 10.2 Å². The lowest BCUT2D eigenvalue weighted by atomic mass is 10.0. The lowest BCUT2D eigenvalue weighted by Crippen LogP contribution is -2.52. The van der Waals surface area contributed by atoms with Crippen molar-refractivity contribution in [2.45, 2.75) is 69.5 Å². The molecule has 4 rings (SSSR count). The summed E-state index contributed by atoms with van der Waals surface area (Å²) in [5.74, 6) is 0.216. The maximum absolute atomic E-state index is 13.8. The highest BCUT2D eigenvalue weighted by Crippen LogP contribution is 2.23. The summed E-state index contributed by atoms with van der Waals surface area (Å²) in [5, 5.41) is 3.27. The van der Waals surface area contributed by atoms with E-state index in [1.54, 1.807) is 4.90 Å². The maximum atomic E-state index is 13.8. The van der Waals surface area contributed by atoms with Gasteiger partial charge in [0.05, 0.1) is 5.75 Å². The minimum atomic E-state index is -0.570. The number of carbonyl (C=O) groups excluding carboxylic acids is 2. The van der Waals surface area contributed by atoms with Gasteiger partial charge in [0.1, 0.15) is 6.04 Å². The number of nitrogens with one attached hydrogen (secondary N) is 1. The molecule has 0 aromatic heterocycles. The Hall–Kier alpha value is -3.05. The van der Waals surface area contributed by atoms with E-state index in [-0.39, 0.29) is 23.6 Å². The molecule has 1 aliphatic carbocycles. The van der Waals surface area contributed by atoms with E-state index in [0.29, 0.717) is 13.0 Å². The fourth-order valence-corrected chi connectivity index (χ4v) is 5.58. The number of carbonyl (C=O) groups is 2. The normalized spacial score (nSPS) is 14.4. The van der Waals surface area contributed by atoms with Gasteiger partial charge in [-0.1, -0.05) is 90.7 Å². The van der Waals surface area contributed by atoms with E-state index in [1.807, 2.05) is 54.6 Å². The largest absolute Gasteiger partial charge is 0.352 e. The topological polar surface area (TPSA) is 49.4 Å². The van der Waals surface area contributed by atoms with Crippen molar-refractivity contribution < 1.29 is 9.59 Å². The summed E-state index contributed by atoms with van der Waals surface area (Å²) in [4.78, 5) is 30.3. The molecule has 0 saturated heterocycles. The first-order valence-electron chi connectivity index (χ1n) is 12.9. The van der Waals surface area contributed by atoms with Crippen LogP contribution in [0.1, 0.15) is 47.9 Å². The van der Waals surface area contributed by atoms with Crippen LogP contribution in [0.3, 0.4) is 0 Å². The van der Waals surface area contributed by atoms with Crippen LogP contribution in [0.25, 0.3) is 0 Å². The van der Waals surface area contributed by atoms with E-state index in [9.17, 15) is 9.59 Å². The van der Waals surface area contributed by atoms with Crippen molar-refractivity contribution in [3.63, 3.8) is 0 Å². The lowest BCUT2D eigenvalue weighted by molar-refractivity contribution is -0.139. The van der Waals surface area contributed by atoms with Crippen molar-refractivity contribution in [2.75, 3.05) is 5.75 Å². The van der Waals surface area contributed by atoms with Crippen LogP contribution in [-0.4, -0.2) is 34.6 Å². The van der Waals surface area contributed by atoms with E-state index in [4.69, 9.17) is 0 Å². The molecule has 1 N–H and O–H groups in total. The van der Waals surface area contributed by atoms with E-state index in [2.05, 4.69) is 43.4 Å². The molecule has 0 bridgehead atoms. The van der Waals surface area contributed by atoms with Crippen LogP contribution in [0.15, 0.2) is 83.8 Å². The van der Waals surface area contributed by atoms with Crippen LogP contribution in [0.4, 0.5) is 0 Å². The zero-order valence-electron chi connectivity index (χ0n) is 21.3. The maximum Gasteiger partial charge on any atom is 0.243 e. The molecule has 188 valence electrons. The summed E-state index contributed by atoms with van der Waals surface area (Å²) in [5.41, 5.74) is 4.43. The zero-order valence-corrected chi connectivity index (χ0v) is 22.1. The molecule has 0 heterocycles. The van der Waals surface area contributed by atoms with E-state index in [1.165, 1.54) is 17.3 Å². The zero-order chi connectivity index (χ0) is 25.3. The average molecular weight is 501 g/mol. The first-order valence-corrected chi connectivity index (χ1v) is 13.9. The van der Waals surface area contributed by atoms with E-state index in [0.717, 1.165) is 47.3 Å². The third kappa shape index (κ3) is 7.47. The van der Waals surface area contributed by atoms with Crippen molar-refractivity contribution >= 4 is 23.6 Å². The molecule has 5 heteroatoms. The van der Waals surface area contributed by atoms with Gasteiger partial charge in [0, 0.05) is 23.9 Å². The molecular weight excluding hydrogens is 464 g/mol. The Balaban J connectivity index is 1.60. The van der Waals surface area contributed by atoms with Crippen LogP contribution < -0.4 is 5.32 Å². The van der Waals surface area contributed by atoms with Crippen molar-refractivity contribution in [1.82, 2.24) is 10.2 Å². The van der Waals surface area contributed by atoms with Gasteiger partial charge >= 0.3 is 0 Å². The number of hydrogen-bond donors (Lipinski definition) is 1. The van der Waals surface area contributed by atoms with Gasteiger partial charge in [-0.2, -0.15) is 0 Å². The lowest BCUT2D eigenvalue weighted by Gasteiger charge is -2.32. The minimum absolute atomic E-state index is 0.0235. The molecule has 0 spiro atoms. The summed E-state index contributed by atoms with van der Waals surface area (Å²) in [6.45, 7) is 4.52. The molecule has 1 aliphatic rings. The molecule has 1 saturated carbocycles. The molecule has 0 radical (unpaired) electrons. The number of nitrogens with zero attached hydrogens (tertiary/aromatic N) is 1. The SMILES string of the molecule is Cc1ccc(SCC(=O)N(Cc2cccc(C)c2)[C@@H](Cc2ccccc2)C(=O)NC2CCCC2)cc1. The van der Waals surface area contributed by atoms with E-state index >= 15 is 0 Å². The molecule has 0 unspecified atom stereocenters. The van der Waals surface area contributed by atoms with Gasteiger partial charge in [0.25, 0.3) is 0 Å². The highest BCUT2D eigenvalue weighted by molar-refractivity contribution is 8.00. The Bertz CT molecular complexity index is 1140. The van der Waals surface area contributed by atoms with Gasteiger partial charge in [-0.3, -0.25) is 9.59 Å². The number of hydrogen-bond acceptors (Lipinski definition) is 3. The van der Waals surface area contributed by atoms with Gasteiger partial charge in [0.15, 0.2) is 0 Å². The molecular formula is C31H36N2O2S. The number of amides is 2. The van der Waals surface area contributed by atoms with Gasteiger partial charge in [-0.25, -0.2) is 0 Å². The predicted octanol–water partition coefficient (Wildman–Crippen LogP) is 6.09. The monoisotopic (exact) mass is 500 g/mol. The van der Waals surface area contributed by atoms with E-state index < -0.39 is 6.04 Å². The summed E-state index contributed by atoms with van der Waals surface area (Å²) in [6.07, 6.45) is 4.81. The molecule has 1 fully saturated rings. The van der Waals surface area contributed by atoms with Crippen LogP contribution in [0, 0.1) is 13.8 Å². The second kappa shape index (κ2) is 12.8. The molecule has 2 amide bonds. The van der Waals surface area contributed by atoms with Crippen molar-refractivity contribution in [3.05, 3.63) is 101 Å². The Morgan fingerprint density at radius 3 is 2.28 bits per heavy atom. The second-order valence-electron chi connectivity index (χ2n) is 9.81. The molecule has 4 nitrogen and oxygen atoms in total. The Morgan fingerprint density at radius 2 is 1.58 bits per heavy atom. The van der Waals surface area contributed by atoms with Gasteiger partial charge in [-0.15, -0.1) is 11.8 Å². The van der Waals surface area contributed by atoms with Gasteiger partial charge in [0.2, 0.25) is 11.8 Å². The van der Waals surface area contributed by atoms with Crippen LogP contribution in [0.2, 0.25) is 0 Å². The fraction of sp³-hybridized carbons (Fsp3) is 0.355. The second-order valence-corrected chi connectivity index (χ2v) is 10.9. The standard InChI is InChI=1S/C31H36N2O2S/c1-23-15-17-28(18-16-23)36-22-30(34)33(21-26-12-8-9-24(2)19-26)29(20-25-10-4-3-5-11-25)31(35)32-27-13-6-7-14-27/h3-5,8-12,15-19,27,29H,6-7,13-14,20-22H2,1-2H3,(H,32,35)/t29-/m0/s1. The van der Waals surface area contributed by atoms with Crippen molar-refractivity contribution in [3.8, 4) is 0 Å².